The standard InChI is InChI=1S/C26H27N7O4.ClH/c1-16-20(37-26(35)33(14-12-23(34)36-2)22-5-3-4-13-29-22)11-10-19-24(16)32-21(31-19)15-30-18-8-6-17(7-9-18)25(27)28;/h3-11,13,30H,12,14-15H2,1-2H3,(H3,27,28)(H,31,32);1H. The number of nitrogens with one attached hydrogen (secondary N) is 3. The summed E-state index contributed by atoms with van der Waals surface area (Å²) in [7, 11) is 1.29. The van der Waals surface area contributed by atoms with Crippen molar-refractivity contribution in [3.8, 4) is 5.75 Å². The van der Waals surface area contributed by atoms with E-state index in [1.165, 1.54) is 12.0 Å². The molecule has 0 saturated heterocycles. The number of anilines is 2. The van der Waals surface area contributed by atoms with E-state index in [1.54, 1.807) is 48.7 Å². The minimum absolute atomic E-state index is 0. The van der Waals surface area contributed by atoms with Gasteiger partial charge in [0.1, 0.15) is 23.2 Å². The number of pyridine rings is 1. The number of nitrogen functional groups attached to an aromatic ring is 1. The van der Waals surface area contributed by atoms with Crippen LogP contribution in [0.3, 0.4) is 0 Å². The number of H-pyrrole nitrogens is 1. The number of methoxy groups -OCH3 is 1. The molecule has 0 radical (unpaired) electrons. The fraction of sp³-hybridized carbons (Fsp3) is 0.192. The second-order valence-electron chi connectivity index (χ2n) is 8.15. The van der Waals surface area contributed by atoms with Crippen molar-refractivity contribution in [2.24, 2.45) is 5.73 Å². The largest absolute Gasteiger partial charge is 0.469 e. The van der Waals surface area contributed by atoms with E-state index in [4.69, 9.17) is 20.6 Å². The highest BCUT2D eigenvalue weighted by Gasteiger charge is 2.22. The molecule has 0 atom stereocenters. The van der Waals surface area contributed by atoms with Gasteiger partial charge in [-0.3, -0.25) is 15.1 Å². The van der Waals surface area contributed by atoms with E-state index in [1.807, 2.05) is 19.1 Å². The van der Waals surface area contributed by atoms with Gasteiger partial charge in [0, 0.05) is 29.6 Å². The van der Waals surface area contributed by atoms with Crippen LogP contribution in [-0.2, 0) is 16.1 Å². The maximum Gasteiger partial charge on any atom is 0.420 e. The van der Waals surface area contributed by atoms with E-state index >= 15 is 0 Å². The maximum absolute atomic E-state index is 13.1. The molecule has 198 valence electrons. The van der Waals surface area contributed by atoms with E-state index in [0.29, 0.717) is 40.6 Å². The molecule has 0 fully saturated rings. The summed E-state index contributed by atoms with van der Waals surface area (Å²) >= 11 is 0. The molecule has 38 heavy (non-hydrogen) atoms. The van der Waals surface area contributed by atoms with Crippen LogP contribution in [0.5, 0.6) is 5.75 Å². The molecule has 0 saturated carbocycles. The van der Waals surface area contributed by atoms with Crippen LogP contribution in [0.2, 0.25) is 0 Å². The van der Waals surface area contributed by atoms with Gasteiger partial charge in [0.2, 0.25) is 0 Å². The van der Waals surface area contributed by atoms with Crippen LogP contribution in [0.1, 0.15) is 23.4 Å². The number of carbonyl (C=O) groups excluding carboxylic acids is 2. The Kier molecular flexibility index (Phi) is 9.23. The third-order valence-electron chi connectivity index (χ3n) is 5.67. The summed E-state index contributed by atoms with van der Waals surface area (Å²) in [6.45, 7) is 2.31. The summed E-state index contributed by atoms with van der Waals surface area (Å²) in [4.78, 5) is 38.2. The number of aryl methyl sites for hydroxylation is 1. The van der Waals surface area contributed by atoms with Crippen molar-refractivity contribution in [2.45, 2.75) is 19.9 Å². The van der Waals surface area contributed by atoms with Crippen LogP contribution in [0.25, 0.3) is 11.0 Å². The van der Waals surface area contributed by atoms with Gasteiger partial charge >= 0.3 is 12.1 Å². The number of benzene rings is 2. The van der Waals surface area contributed by atoms with Crippen LogP contribution < -0.4 is 20.7 Å². The Balaban J connectivity index is 0.00000400. The van der Waals surface area contributed by atoms with Gasteiger partial charge in [-0.15, -0.1) is 12.4 Å². The molecule has 1 amide bonds. The predicted octanol–water partition coefficient (Wildman–Crippen LogP) is 4.15. The number of hydrogen-bond donors (Lipinski definition) is 4. The molecule has 0 aliphatic rings. The van der Waals surface area contributed by atoms with Crippen molar-refractivity contribution in [2.75, 3.05) is 23.9 Å². The van der Waals surface area contributed by atoms with E-state index < -0.39 is 12.1 Å². The van der Waals surface area contributed by atoms with Crippen LogP contribution in [0.15, 0.2) is 60.8 Å². The maximum atomic E-state index is 13.1. The van der Waals surface area contributed by atoms with Gasteiger partial charge in [-0.2, -0.15) is 0 Å². The van der Waals surface area contributed by atoms with Crippen molar-refractivity contribution in [1.29, 1.82) is 5.41 Å². The molecular weight excluding hydrogens is 510 g/mol. The summed E-state index contributed by atoms with van der Waals surface area (Å²) in [5.74, 6) is 0.980. The Morgan fingerprint density at radius 3 is 2.55 bits per heavy atom. The van der Waals surface area contributed by atoms with Gasteiger partial charge in [0.05, 0.1) is 31.1 Å². The number of nitrogens with zero attached hydrogens (tertiary/aromatic N) is 3. The van der Waals surface area contributed by atoms with Crippen LogP contribution in [0, 0.1) is 12.3 Å². The molecule has 0 aliphatic carbocycles. The lowest BCUT2D eigenvalue weighted by Gasteiger charge is -2.21. The lowest BCUT2D eigenvalue weighted by Crippen LogP contribution is -2.36. The first-order valence-electron chi connectivity index (χ1n) is 11.5. The number of rotatable bonds is 9. The van der Waals surface area contributed by atoms with Crippen molar-refractivity contribution in [3.63, 3.8) is 0 Å². The van der Waals surface area contributed by atoms with E-state index in [9.17, 15) is 9.59 Å². The van der Waals surface area contributed by atoms with Gasteiger partial charge in [0.15, 0.2) is 0 Å². The monoisotopic (exact) mass is 537 g/mol. The van der Waals surface area contributed by atoms with Gasteiger partial charge < -0.3 is 25.5 Å². The minimum Gasteiger partial charge on any atom is -0.469 e. The van der Waals surface area contributed by atoms with E-state index in [2.05, 4.69) is 20.3 Å². The topological polar surface area (TPSA) is 159 Å². The minimum atomic E-state index is -0.670. The summed E-state index contributed by atoms with van der Waals surface area (Å²) < 4.78 is 10.4. The number of halogens is 1. The third-order valence-corrected chi connectivity index (χ3v) is 5.67. The fourth-order valence-electron chi connectivity index (χ4n) is 3.66. The summed E-state index contributed by atoms with van der Waals surface area (Å²) in [6, 6.07) is 15.9. The van der Waals surface area contributed by atoms with Gasteiger partial charge in [-0.05, 0) is 55.5 Å². The number of aromatic amines is 1. The number of fused-ring (bicyclic) bond motifs is 1. The predicted molar refractivity (Wildman–Crippen MR) is 147 cm³/mol. The highest BCUT2D eigenvalue weighted by atomic mass is 35.5. The number of carbonyl (C=O) groups is 2. The van der Waals surface area contributed by atoms with Crippen LogP contribution in [0.4, 0.5) is 16.3 Å². The zero-order valence-corrected chi connectivity index (χ0v) is 21.7. The lowest BCUT2D eigenvalue weighted by atomic mass is 10.2. The quantitative estimate of drug-likeness (QED) is 0.141. The molecule has 2 heterocycles. The number of imidazole rings is 1. The van der Waals surface area contributed by atoms with Crippen LogP contribution >= 0.6 is 12.4 Å². The summed E-state index contributed by atoms with van der Waals surface area (Å²) in [5.41, 5.74) is 9.17. The average Bonchev–Trinajstić information content (AvgIpc) is 3.34. The number of esters is 1. The molecule has 12 heteroatoms. The number of ether oxygens (including phenoxy) is 2. The molecule has 0 bridgehead atoms. The normalized spacial score (nSPS) is 10.4. The van der Waals surface area contributed by atoms with Crippen molar-refractivity contribution >= 4 is 52.8 Å². The Morgan fingerprint density at radius 1 is 1.13 bits per heavy atom. The summed E-state index contributed by atoms with van der Waals surface area (Å²) in [6.07, 6.45) is 0.881. The molecule has 4 aromatic rings. The molecule has 2 aromatic heterocycles. The first kappa shape index (κ1) is 27.9. The highest BCUT2D eigenvalue weighted by molar-refractivity contribution is 5.95. The summed E-state index contributed by atoms with van der Waals surface area (Å²) in [5, 5.41) is 10.8. The Labute approximate surface area is 225 Å². The van der Waals surface area contributed by atoms with Crippen LogP contribution in [-0.4, -0.2) is 46.5 Å². The Bertz CT molecular complexity index is 1430. The number of amidine groups is 1. The van der Waals surface area contributed by atoms with Crippen molar-refractivity contribution in [1.82, 2.24) is 15.0 Å². The molecule has 0 aliphatic heterocycles. The number of hydrogen-bond acceptors (Lipinski definition) is 8. The fourth-order valence-corrected chi connectivity index (χ4v) is 3.66. The second-order valence-corrected chi connectivity index (χ2v) is 8.15. The van der Waals surface area contributed by atoms with Crippen molar-refractivity contribution in [3.05, 3.63) is 77.7 Å². The molecule has 0 unspecified atom stereocenters. The Morgan fingerprint density at radius 2 is 1.89 bits per heavy atom. The van der Waals surface area contributed by atoms with Crippen molar-refractivity contribution < 1.29 is 19.1 Å². The molecule has 4 rings (SSSR count). The second kappa shape index (κ2) is 12.5. The average molecular weight is 538 g/mol. The first-order chi connectivity index (χ1) is 17.9. The van der Waals surface area contributed by atoms with Gasteiger partial charge in [0.25, 0.3) is 0 Å². The van der Waals surface area contributed by atoms with Gasteiger partial charge in [-0.1, -0.05) is 6.07 Å². The third kappa shape index (κ3) is 6.56. The smallest absolute Gasteiger partial charge is 0.420 e. The Hall–Kier alpha value is -4.64. The van der Waals surface area contributed by atoms with E-state index in [-0.39, 0.29) is 31.2 Å². The molecule has 0 spiro atoms. The molecule has 11 nitrogen and oxygen atoms in total. The lowest BCUT2D eigenvalue weighted by molar-refractivity contribution is -0.140. The zero-order valence-electron chi connectivity index (χ0n) is 20.9. The number of amides is 1. The van der Waals surface area contributed by atoms with Gasteiger partial charge in [-0.25, -0.2) is 14.8 Å². The number of nitrogens with two attached hydrogens (primary N) is 1. The highest BCUT2D eigenvalue weighted by Crippen LogP contribution is 2.27. The zero-order chi connectivity index (χ0) is 26.4. The molecular formula is C26H28ClN7O4. The molecule has 5 N–H and O–H groups in total. The number of aromatic nitrogens is 3. The first-order valence-corrected chi connectivity index (χ1v) is 11.5. The van der Waals surface area contributed by atoms with E-state index in [0.717, 1.165) is 11.2 Å². The molecule has 2 aromatic carbocycles. The SMILES string of the molecule is COC(=O)CCN(C(=O)Oc1ccc2[nH]c(CNc3ccc(C(=N)N)cc3)nc2c1C)c1ccccn1.Cl.